The van der Waals surface area contributed by atoms with Crippen molar-refractivity contribution in [2.45, 2.75) is 6.42 Å². The molecule has 0 saturated heterocycles. The lowest BCUT2D eigenvalue weighted by molar-refractivity contribution is -0.116. The molecule has 6 nitrogen and oxygen atoms in total. The Morgan fingerprint density at radius 2 is 1.68 bits per heavy atom. The second-order valence-corrected chi connectivity index (χ2v) is 5.85. The number of rotatable bonds is 4. The predicted octanol–water partition coefficient (Wildman–Crippen LogP) is 2.79. The smallest absolute Gasteiger partial charge is 0.261 e. The molecule has 0 atom stereocenters. The average Bonchev–Trinajstić information content (AvgIpc) is 3.19. The van der Waals surface area contributed by atoms with E-state index in [0.717, 1.165) is 15.8 Å². The van der Waals surface area contributed by atoms with E-state index in [-0.39, 0.29) is 30.7 Å². The number of hydrogen-bond acceptors (Lipinski definition) is 3. The molecule has 0 radical (unpaired) electrons. The highest BCUT2D eigenvalue weighted by molar-refractivity contribution is 6.21. The molecule has 2 aromatic carbocycles. The van der Waals surface area contributed by atoms with Gasteiger partial charge in [0.15, 0.2) is 0 Å². The summed E-state index contributed by atoms with van der Waals surface area (Å²) in [5.74, 6) is -0.946. The van der Waals surface area contributed by atoms with E-state index >= 15 is 0 Å². The van der Waals surface area contributed by atoms with Crippen LogP contribution < -0.4 is 5.32 Å². The Morgan fingerprint density at radius 3 is 2.40 bits per heavy atom. The molecule has 0 spiro atoms. The van der Waals surface area contributed by atoms with Crippen LogP contribution in [0.1, 0.15) is 27.1 Å². The van der Waals surface area contributed by atoms with E-state index in [1.807, 2.05) is 18.2 Å². The Morgan fingerprint density at radius 1 is 0.960 bits per heavy atom. The molecule has 0 fully saturated rings. The Hall–Kier alpha value is -3.41. The molecule has 0 unspecified atom stereocenters. The maximum absolute atomic E-state index is 12.3. The first kappa shape index (κ1) is 15.1. The lowest BCUT2D eigenvalue weighted by atomic mass is 10.1. The van der Waals surface area contributed by atoms with Gasteiger partial charge in [-0.25, -0.2) is 0 Å². The number of fused-ring (bicyclic) bond motifs is 2. The summed E-state index contributed by atoms with van der Waals surface area (Å²) in [6.45, 7) is 0.0544. The third-order valence-electron chi connectivity index (χ3n) is 4.30. The fourth-order valence-corrected chi connectivity index (χ4v) is 3.06. The Balaban J connectivity index is 1.44. The minimum absolute atomic E-state index is 0.0442. The van der Waals surface area contributed by atoms with Crippen molar-refractivity contribution in [3.63, 3.8) is 0 Å². The van der Waals surface area contributed by atoms with Gasteiger partial charge in [-0.2, -0.15) is 0 Å². The minimum Gasteiger partial charge on any atom is -0.359 e. The van der Waals surface area contributed by atoms with Gasteiger partial charge in [0.2, 0.25) is 5.91 Å². The number of anilines is 1. The standard InChI is InChI=1S/C19H15N3O3/c23-16(21-15-7-3-4-12-8-10-20-17(12)15)9-11-22-18(24)13-5-1-2-6-14(13)19(22)25/h1-8,10,20H,9,11H2,(H,21,23). The van der Waals surface area contributed by atoms with Crippen LogP contribution in [0.4, 0.5) is 5.69 Å². The number of imide groups is 1. The number of nitrogens with zero attached hydrogens (tertiary/aromatic N) is 1. The number of aromatic nitrogens is 1. The fraction of sp³-hybridized carbons (Fsp3) is 0.105. The minimum atomic E-state index is -0.347. The zero-order valence-electron chi connectivity index (χ0n) is 13.3. The van der Waals surface area contributed by atoms with E-state index in [2.05, 4.69) is 10.3 Å². The summed E-state index contributed by atoms with van der Waals surface area (Å²) in [6, 6.07) is 14.2. The number of H-pyrrole nitrogens is 1. The second-order valence-electron chi connectivity index (χ2n) is 5.85. The van der Waals surface area contributed by atoms with Crippen LogP contribution in [-0.4, -0.2) is 34.2 Å². The number of aromatic amines is 1. The van der Waals surface area contributed by atoms with Gasteiger partial charge in [-0.05, 0) is 24.3 Å². The van der Waals surface area contributed by atoms with Crippen LogP contribution in [0.25, 0.3) is 10.9 Å². The maximum Gasteiger partial charge on any atom is 0.261 e. The molecule has 2 N–H and O–H groups in total. The number of carbonyl (C=O) groups excluding carboxylic acids is 3. The molecule has 2 heterocycles. The summed E-state index contributed by atoms with van der Waals surface area (Å²) in [4.78, 5) is 41.0. The van der Waals surface area contributed by atoms with Crippen LogP contribution in [0.5, 0.6) is 0 Å². The van der Waals surface area contributed by atoms with Crippen molar-refractivity contribution < 1.29 is 14.4 Å². The molecule has 0 bridgehead atoms. The maximum atomic E-state index is 12.3. The van der Waals surface area contributed by atoms with Gasteiger partial charge in [-0.1, -0.05) is 24.3 Å². The van der Waals surface area contributed by atoms with E-state index in [0.29, 0.717) is 16.8 Å². The van der Waals surface area contributed by atoms with Crippen LogP contribution in [0.2, 0.25) is 0 Å². The second kappa shape index (κ2) is 5.90. The van der Waals surface area contributed by atoms with Gasteiger partial charge in [-0.15, -0.1) is 0 Å². The first-order valence-electron chi connectivity index (χ1n) is 7.96. The number of hydrogen-bond donors (Lipinski definition) is 2. The highest BCUT2D eigenvalue weighted by Crippen LogP contribution is 2.24. The Bertz CT molecular complexity index is 971. The monoisotopic (exact) mass is 333 g/mol. The first-order chi connectivity index (χ1) is 12.1. The number of carbonyl (C=O) groups is 3. The van der Waals surface area contributed by atoms with Gasteiger partial charge >= 0.3 is 0 Å². The van der Waals surface area contributed by atoms with E-state index in [1.54, 1.807) is 36.5 Å². The molecular weight excluding hydrogens is 318 g/mol. The van der Waals surface area contributed by atoms with Crippen LogP contribution in [0.3, 0.4) is 0 Å². The zero-order valence-corrected chi connectivity index (χ0v) is 13.3. The van der Waals surface area contributed by atoms with Crippen LogP contribution in [0, 0.1) is 0 Å². The third-order valence-corrected chi connectivity index (χ3v) is 4.30. The molecule has 6 heteroatoms. The highest BCUT2D eigenvalue weighted by Gasteiger charge is 2.34. The normalized spacial score (nSPS) is 13.4. The van der Waals surface area contributed by atoms with E-state index in [9.17, 15) is 14.4 Å². The van der Waals surface area contributed by atoms with Crippen molar-refractivity contribution in [2.75, 3.05) is 11.9 Å². The molecule has 0 aliphatic carbocycles. The molecule has 3 aromatic rings. The number of amides is 3. The van der Waals surface area contributed by atoms with Gasteiger partial charge in [0.25, 0.3) is 11.8 Å². The summed E-state index contributed by atoms with van der Waals surface area (Å²) >= 11 is 0. The van der Waals surface area contributed by atoms with Crippen LogP contribution in [-0.2, 0) is 4.79 Å². The van der Waals surface area contributed by atoms with Crippen molar-refractivity contribution >= 4 is 34.3 Å². The van der Waals surface area contributed by atoms with Gasteiger partial charge in [-0.3, -0.25) is 19.3 Å². The first-order valence-corrected chi connectivity index (χ1v) is 7.96. The lowest BCUT2D eigenvalue weighted by Crippen LogP contribution is -2.32. The molecule has 1 aromatic heterocycles. The zero-order chi connectivity index (χ0) is 17.4. The van der Waals surface area contributed by atoms with Gasteiger partial charge in [0.1, 0.15) is 0 Å². The van der Waals surface area contributed by atoms with E-state index < -0.39 is 0 Å². The van der Waals surface area contributed by atoms with Gasteiger partial charge < -0.3 is 10.3 Å². The fourth-order valence-electron chi connectivity index (χ4n) is 3.06. The van der Waals surface area contributed by atoms with Crippen molar-refractivity contribution in [3.8, 4) is 0 Å². The van der Waals surface area contributed by atoms with Gasteiger partial charge in [0.05, 0.1) is 22.3 Å². The highest BCUT2D eigenvalue weighted by atomic mass is 16.2. The topological polar surface area (TPSA) is 82.3 Å². The molecule has 3 amide bonds. The van der Waals surface area contributed by atoms with E-state index in [4.69, 9.17) is 0 Å². The SMILES string of the molecule is O=C(CCN1C(=O)c2ccccc2C1=O)Nc1cccc2cc[nH]c12. The Kier molecular flexibility index (Phi) is 3.57. The molecule has 124 valence electrons. The number of para-hydroxylation sites is 1. The molecule has 4 rings (SSSR count). The third kappa shape index (κ3) is 2.57. The molecular formula is C19H15N3O3. The van der Waals surface area contributed by atoms with E-state index in [1.165, 1.54) is 0 Å². The summed E-state index contributed by atoms with van der Waals surface area (Å²) in [5.41, 5.74) is 2.31. The van der Waals surface area contributed by atoms with Crippen LogP contribution >= 0.6 is 0 Å². The molecule has 25 heavy (non-hydrogen) atoms. The van der Waals surface area contributed by atoms with Crippen molar-refractivity contribution in [3.05, 3.63) is 65.9 Å². The average molecular weight is 333 g/mol. The largest absolute Gasteiger partial charge is 0.359 e. The van der Waals surface area contributed by atoms with Crippen LogP contribution in [0.15, 0.2) is 54.7 Å². The predicted molar refractivity (Wildman–Crippen MR) is 93.4 cm³/mol. The molecule has 1 aliphatic rings. The van der Waals surface area contributed by atoms with Crippen molar-refractivity contribution in [2.24, 2.45) is 0 Å². The van der Waals surface area contributed by atoms with Crippen molar-refractivity contribution in [1.82, 2.24) is 9.88 Å². The quantitative estimate of drug-likeness (QED) is 0.720. The summed E-state index contributed by atoms with van der Waals surface area (Å²) in [7, 11) is 0. The summed E-state index contributed by atoms with van der Waals surface area (Å²) < 4.78 is 0. The molecule has 1 aliphatic heterocycles. The number of benzene rings is 2. The molecule has 0 saturated carbocycles. The lowest BCUT2D eigenvalue weighted by Gasteiger charge is -2.13. The summed E-state index contributed by atoms with van der Waals surface area (Å²) in [6.07, 6.45) is 1.85. The summed E-state index contributed by atoms with van der Waals surface area (Å²) in [5, 5.41) is 3.82. The van der Waals surface area contributed by atoms with Crippen molar-refractivity contribution in [1.29, 1.82) is 0 Å². The van der Waals surface area contributed by atoms with Gasteiger partial charge in [0, 0.05) is 24.5 Å². The Labute approximate surface area is 143 Å². The number of nitrogens with one attached hydrogen (secondary N) is 2.